The van der Waals surface area contributed by atoms with E-state index < -0.39 is 0 Å². The average Bonchev–Trinajstić information content (AvgIpc) is 2.10. The van der Waals surface area contributed by atoms with Crippen molar-refractivity contribution in [1.82, 2.24) is 0 Å². The molecule has 0 saturated carbocycles. The van der Waals surface area contributed by atoms with Crippen molar-refractivity contribution in [2.75, 3.05) is 0 Å². The van der Waals surface area contributed by atoms with Gasteiger partial charge < -0.3 is 10.2 Å². The molecule has 10 heavy (non-hydrogen) atoms. The van der Waals surface area contributed by atoms with E-state index in [1.807, 2.05) is 26.8 Å². The smallest absolute Gasteiger partial charge is 0.105 e. The molecule has 0 fully saturated rings. The second kappa shape index (κ2) is 2.46. The van der Waals surface area contributed by atoms with Crippen LogP contribution >= 0.6 is 0 Å². The third-order valence-electron chi connectivity index (χ3n) is 1.57. The third-order valence-corrected chi connectivity index (χ3v) is 1.57. The zero-order valence-corrected chi connectivity index (χ0v) is 6.64. The highest BCUT2D eigenvalue weighted by Gasteiger charge is 2.07. The van der Waals surface area contributed by atoms with E-state index in [9.17, 15) is 0 Å². The number of aryl methyl sites for hydroxylation is 2. The topological polar surface area (TPSA) is 39.2 Å². The van der Waals surface area contributed by atoms with Gasteiger partial charge in [0.2, 0.25) is 0 Å². The second-order valence-corrected chi connectivity index (χ2v) is 2.66. The van der Waals surface area contributed by atoms with Gasteiger partial charge in [0, 0.05) is 11.6 Å². The van der Waals surface area contributed by atoms with Crippen molar-refractivity contribution >= 4 is 0 Å². The average molecular weight is 139 g/mol. The molecule has 56 valence electrons. The van der Waals surface area contributed by atoms with E-state index in [1.54, 1.807) is 0 Å². The Morgan fingerprint density at radius 1 is 1.50 bits per heavy atom. The van der Waals surface area contributed by atoms with Gasteiger partial charge in [-0.1, -0.05) is 0 Å². The summed E-state index contributed by atoms with van der Waals surface area (Å²) in [5.74, 6) is 1.87. The van der Waals surface area contributed by atoms with Gasteiger partial charge in [-0.25, -0.2) is 0 Å². The third kappa shape index (κ3) is 1.21. The lowest BCUT2D eigenvalue weighted by Gasteiger charge is -1.99. The molecular formula is C8H13NO. The number of rotatable bonds is 1. The molecule has 0 amide bonds. The SMILES string of the molecule is Cc1cc([C@@H](C)N)c(C)o1. The van der Waals surface area contributed by atoms with Gasteiger partial charge in [-0.2, -0.15) is 0 Å². The van der Waals surface area contributed by atoms with Crippen LogP contribution in [-0.4, -0.2) is 0 Å². The van der Waals surface area contributed by atoms with Crippen LogP contribution in [0.4, 0.5) is 0 Å². The van der Waals surface area contributed by atoms with Crippen molar-refractivity contribution < 1.29 is 4.42 Å². The maximum absolute atomic E-state index is 5.67. The molecule has 0 aliphatic heterocycles. The lowest BCUT2D eigenvalue weighted by molar-refractivity contribution is 0.499. The molecule has 0 aliphatic rings. The molecule has 0 radical (unpaired) electrons. The van der Waals surface area contributed by atoms with Crippen LogP contribution in [0.2, 0.25) is 0 Å². The number of hydrogen-bond donors (Lipinski definition) is 1. The van der Waals surface area contributed by atoms with E-state index >= 15 is 0 Å². The predicted molar refractivity (Wildman–Crippen MR) is 40.8 cm³/mol. The van der Waals surface area contributed by atoms with Gasteiger partial charge in [-0.15, -0.1) is 0 Å². The van der Waals surface area contributed by atoms with Crippen molar-refractivity contribution in [3.8, 4) is 0 Å². The van der Waals surface area contributed by atoms with Crippen LogP contribution in [0, 0.1) is 13.8 Å². The fraction of sp³-hybridized carbons (Fsp3) is 0.500. The first-order valence-electron chi connectivity index (χ1n) is 3.43. The van der Waals surface area contributed by atoms with Crippen LogP contribution < -0.4 is 5.73 Å². The van der Waals surface area contributed by atoms with Crippen molar-refractivity contribution in [2.45, 2.75) is 26.8 Å². The lowest BCUT2D eigenvalue weighted by atomic mass is 10.1. The Morgan fingerprint density at radius 3 is 2.30 bits per heavy atom. The molecule has 1 heterocycles. The minimum absolute atomic E-state index is 0.0810. The second-order valence-electron chi connectivity index (χ2n) is 2.66. The van der Waals surface area contributed by atoms with Gasteiger partial charge in [0.05, 0.1) is 0 Å². The largest absolute Gasteiger partial charge is 0.466 e. The fourth-order valence-electron chi connectivity index (χ4n) is 1.10. The first kappa shape index (κ1) is 7.35. The molecule has 2 nitrogen and oxygen atoms in total. The summed E-state index contributed by atoms with van der Waals surface area (Å²) in [6.45, 7) is 5.82. The van der Waals surface area contributed by atoms with Gasteiger partial charge in [0.25, 0.3) is 0 Å². The van der Waals surface area contributed by atoms with Crippen molar-refractivity contribution in [3.05, 3.63) is 23.2 Å². The van der Waals surface area contributed by atoms with Gasteiger partial charge in [0.15, 0.2) is 0 Å². The van der Waals surface area contributed by atoms with E-state index in [1.165, 1.54) is 0 Å². The van der Waals surface area contributed by atoms with E-state index in [0.717, 1.165) is 17.1 Å². The van der Waals surface area contributed by atoms with E-state index in [-0.39, 0.29) is 6.04 Å². The maximum atomic E-state index is 5.67. The first-order valence-corrected chi connectivity index (χ1v) is 3.43. The van der Waals surface area contributed by atoms with Crippen LogP contribution in [0.25, 0.3) is 0 Å². The van der Waals surface area contributed by atoms with Crippen molar-refractivity contribution in [2.24, 2.45) is 5.73 Å². The van der Waals surface area contributed by atoms with Gasteiger partial charge in [-0.05, 0) is 26.8 Å². The molecule has 0 saturated heterocycles. The summed E-state index contributed by atoms with van der Waals surface area (Å²) in [6, 6.07) is 2.07. The highest BCUT2D eigenvalue weighted by Crippen LogP contribution is 2.18. The van der Waals surface area contributed by atoms with Crippen LogP contribution in [0.3, 0.4) is 0 Å². The first-order chi connectivity index (χ1) is 4.61. The normalized spacial score (nSPS) is 13.6. The zero-order valence-electron chi connectivity index (χ0n) is 6.64. The Morgan fingerprint density at radius 2 is 2.10 bits per heavy atom. The molecule has 2 N–H and O–H groups in total. The Labute approximate surface area is 61.0 Å². The summed E-state index contributed by atoms with van der Waals surface area (Å²) in [6.07, 6.45) is 0. The van der Waals surface area contributed by atoms with Crippen LogP contribution in [0.5, 0.6) is 0 Å². The monoisotopic (exact) mass is 139 g/mol. The van der Waals surface area contributed by atoms with Crippen LogP contribution in [0.15, 0.2) is 10.5 Å². The minimum atomic E-state index is 0.0810. The highest BCUT2D eigenvalue weighted by atomic mass is 16.3. The molecule has 0 aliphatic carbocycles. The van der Waals surface area contributed by atoms with Gasteiger partial charge >= 0.3 is 0 Å². The summed E-state index contributed by atoms with van der Waals surface area (Å²) in [7, 11) is 0. The molecule has 1 aromatic rings. The summed E-state index contributed by atoms with van der Waals surface area (Å²) in [5, 5.41) is 0. The van der Waals surface area contributed by atoms with E-state index in [2.05, 4.69) is 0 Å². The Bertz CT molecular complexity index is 225. The zero-order chi connectivity index (χ0) is 7.72. The van der Waals surface area contributed by atoms with Crippen molar-refractivity contribution in [1.29, 1.82) is 0 Å². The number of furan rings is 1. The Balaban J connectivity index is 3.03. The van der Waals surface area contributed by atoms with Crippen molar-refractivity contribution in [3.63, 3.8) is 0 Å². The predicted octanol–water partition coefficient (Wildman–Crippen LogP) is 1.92. The van der Waals surface area contributed by atoms with E-state index in [0.29, 0.717) is 0 Å². The molecule has 2 heteroatoms. The Kier molecular flexibility index (Phi) is 1.81. The molecule has 0 spiro atoms. The lowest BCUT2D eigenvalue weighted by Crippen LogP contribution is -2.04. The number of hydrogen-bond acceptors (Lipinski definition) is 2. The van der Waals surface area contributed by atoms with Crippen LogP contribution in [-0.2, 0) is 0 Å². The summed E-state index contributed by atoms with van der Waals surface area (Å²) in [4.78, 5) is 0. The van der Waals surface area contributed by atoms with Gasteiger partial charge in [-0.3, -0.25) is 0 Å². The number of nitrogens with two attached hydrogens (primary N) is 1. The summed E-state index contributed by atoms with van der Waals surface area (Å²) >= 11 is 0. The highest BCUT2D eigenvalue weighted by molar-refractivity contribution is 5.22. The molecule has 0 aromatic carbocycles. The summed E-state index contributed by atoms with van der Waals surface area (Å²) in [5.41, 5.74) is 6.78. The Hall–Kier alpha value is -0.760. The fourth-order valence-corrected chi connectivity index (χ4v) is 1.10. The molecule has 1 atom stereocenters. The molecule has 0 unspecified atom stereocenters. The standard InChI is InChI=1S/C8H13NO/c1-5-4-8(6(2)9)7(3)10-5/h4,6H,9H2,1-3H3/t6-/m1/s1. The minimum Gasteiger partial charge on any atom is -0.466 e. The summed E-state index contributed by atoms with van der Waals surface area (Å²) < 4.78 is 5.30. The quantitative estimate of drug-likeness (QED) is 0.645. The van der Waals surface area contributed by atoms with E-state index in [4.69, 9.17) is 10.2 Å². The van der Waals surface area contributed by atoms with Gasteiger partial charge in [0.1, 0.15) is 11.5 Å². The molecular weight excluding hydrogens is 126 g/mol. The van der Waals surface area contributed by atoms with Crippen LogP contribution in [0.1, 0.15) is 30.0 Å². The maximum Gasteiger partial charge on any atom is 0.105 e. The molecule has 1 aromatic heterocycles. The molecule has 0 bridgehead atoms. The molecule has 1 rings (SSSR count).